The normalized spacial score (nSPS) is 10.4. The van der Waals surface area contributed by atoms with Gasteiger partial charge in [-0.15, -0.1) is 0 Å². The van der Waals surface area contributed by atoms with Crippen LogP contribution in [-0.4, -0.2) is 16.3 Å². The van der Waals surface area contributed by atoms with Crippen LogP contribution in [0.2, 0.25) is 5.02 Å². The fourth-order valence-electron chi connectivity index (χ4n) is 3.50. The van der Waals surface area contributed by atoms with E-state index in [1.165, 1.54) is 18.5 Å². The quantitative estimate of drug-likeness (QED) is 0.228. The maximum Gasteiger partial charge on any atom is 0.185 e. The fraction of sp³-hybridized carbons (Fsp3) is 0.107. The molecule has 0 radical (unpaired) electrons. The van der Waals surface area contributed by atoms with Gasteiger partial charge in [0.25, 0.3) is 0 Å². The number of benzene rings is 3. The van der Waals surface area contributed by atoms with E-state index < -0.39 is 0 Å². The van der Waals surface area contributed by atoms with Crippen LogP contribution in [0.5, 0.6) is 5.75 Å². The molecule has 0 aliphatic carbocycles. The summed E-state index contributed by atoms with van der Waals surface area (Å²) in [5.41, 5.74) is 2.94. The molecule has 5 aromatic rings. The Balaban J connectivity index is 0.00000148. The van der Waals surface area contributed by atoms with E-state index in [9.17, 15) is 9.18 Å². The first-order valence-corrected chi connectivity index (χ1v) is 11.7. The van der Waals surface area contributed by atoms with Crippen LogP contribution in [0.15, 0.2) is 83.5 Å². The lowest BCUT2D eigenvalue weighted by Crippen LogP contribution is -1.98. The topological polar surface area (TPSA) is 77.2 Å². The first kappa shape index (κ1) is 24.9. The average molecular weight is 504 g/mol. The maximum absolute atomic E-state index is 13.4. The summed E-state index contributed by atoms with van der Waals surface area (Å²) in [4.78, 5) is 19.6. The predicted octanol–water partition coefficient (Wildman–Crippen LogP) is 7.84. The predicted molar refractivity (Wildman–Crippen MR) is 139 cm³/mol. The van der Waals surface area contributed by atoms with E-state index in [-0.39, 0.29) is 18.2 Å². The van der Waals surface area contributed by atoms with Crippen molar-refractivity contribution < 1.29 is 18.3 Å². The summed E-state index contributed by atoms with van der Waals surface area (Å²) in [6.07, 6.45) is 2.13. The molecule has 0 atom stereocenters. The lowest BCUT2D eigenvalue weighted by Gasteiger charge is -2.12. The molecule has 36 heavy (non-hydrogen) atoms. The minimum atomic E-state index is -0.316. The van der Waals surface area contributed by atoms with Crippen molar-refractivity contribution in [2.75, 3.05) is 5.32 Å². The van der Waals surface area contributed by atoms with Gasteiger partial charge in [0.05, 0.1) is 10.5 Å². The van der Waals surface area contributed by atoms with Gasteiger partial charge in [0, 0.05) is 16.6 Å². The number of furan rings is 1. The molecule has 0 fully saturated rings. The SMILES string of the molecule is CC.O=Cc1ccc(-c2ccc3ncnc(Nc4ccc(OCc5cccc(F)c5)c(Cl)c4)c3c2)o1. The molecule has 0 aliphatic rings. The number of hydrogen-bond donors (Lipinski definition) is 1. The molecule has 182 valence electrons. The zero-order valence-corrected chi connectivity index (χ0v) is 20.4. The second-order valence-corrected chi connectivity index (χ2v) is 7.87. The highest BCUT2D eigenvalue weighted by molar-refractivity contribution is 6.32. The number of aldehydes is 1. The average Bonchev–Trinajstić information content (AvgIpc) is 3.39. The molecular weight excluding hydrogens is 481 g/mol. The van der Waals surface area contributed by atoms with E-state index in [1.807, 2.05) is 38.1 Å². The van der Waals surface area contributed by atoms with Gasteiger partial charge in [0.1, 0.15) is 36.1 Å². The van der Waals surface area contributed by atoms with Crippen LogP contribution in [0.4, 0.5) is 15.9 Å². The van der Waals surface area contributed by atoms with Crippen molar-refractivity contribution in [1.82, 2.24) is 9.97 Å². The van der Waals surface area contributed by atoms with E-state index in [1.54, 1.807) is 36.4 Å². The molecule has 0 bridgehead atoms. The Morgan fingerprint density at radius 3 is 2.64 bits per heavy atom. The first-order chi connectivity index (χ1) is 17.6. The molecule has 2 heterocycles. The molecule has 0 amide bonds. The van der Waals surface area contributed by atoms with Crippen LogP contribution in [0, 0.1) is 5.82 Å². The van der Waals surface area contributed by atoms with Crippen molar-refractivity contribution >= 4 is 40.3 Å². The minimum absolute atomic E-state index is 0.197. The van der Waals surface area contributed by atoms with Crippen LogP contribution < -0.4 is 10.1 Å². The molecule has 8 heteroatoms. The van der Waals surface area contributed by atoms with E-state index >= 15 is 0 Å². The number of aromatic nitrogens is 2. The third-order valence-corrected chi connectivity index (χ3v) is 5.44. The Bertz CT molecular complexity index is 1500. The molecule has 1 N–H and O–H groups in total. The summed E-state index contributed by atoms with van der Waals surface area (Å²) in [6, 6.07) is 20.5. The fourth-order valence-corrected chi connectivity index (χ4v) is 3.74. The van der Waals surface area contributed by atoms with Crippen molar-refractivity contribution in [3.8, 4) is 17.1 Å². The Labute approximate surface area is 212 Å². The summed E-state index contributed by atoms with van der Waals surface area (Å²) in [5, 5.41) is 4.43. The van der Waals surface area contributed by atoms with Gasteiger partial charge in [-0.25, -0.2) is 14.4 Å². The van der Waals surface area contributed by atoms with Crippen LogP contribution in [0.25, 0.3) is 22.2 Å². The highest BCUT2D eigenvalue weighted by atomic mass is 35.5. The number of anilines is 2. The summed E-state index contributed by atoms with van der Waals surface area (Å²) in [7, 11) is 0. The van der Waals surface area contributed by atoms with Crippen molar-refractivity contribution in [2.45, 2.75) is 20.5 Å². The van der Waals surface area contributed by atoms with Gasteiger partial charge in [-0.2, -0.15) is 0 Å². The minimum Gasteiger partial charge on any atom is -0.487 e. The summed E-state index contributed by atoms with van der Waals surface area (Å²) in [6.45, 7) is 4.20. The maximum atomic E-state index is 13.4. The van der Waals surface area contributed by atoms with Crippen molar-refractivity contribution in [1.29, 1.82) is 0 Å². The van der Waals surface area contributed by atoms with Crippen LogP contribution in [-0.2, 0) is 6.61 Å². The molecule has 2 aromatic heterocycles. The Hall–Kier alpha value is -4.23. The van der Waals surface area contributed by atoms with Gasteiger partial charge in [0.2, 0.25) is 0 Å². The highest BCUT2D eigenvalue weighted by Crippen LogP contribution is 2.32. The molecule has 5 rings (SSSR count). The zero-order valence-electron chi connectivity index (χ0n) is 19.7. The van der Waals surface area contributed by atoms with Crippen LogP contribution >= 0.6 is 11.6 Å². The Kier molecular flexibility index (Phi) is 7.92. The number of ether oxygens (including phenoxy) is 1. The molecule has 3 aromatic carbocycles. The number of nitrogens with one attached hydrogen (secondary N) is 1. The summed E-state index contributed by atoms with van der Waals surface area (Å²) in [5.74, 6) is 1.57. The van der Waals surface area contributed by atoms with Gasteiger partial charge < -0.3 is 14.5 Å². The number of carbonyl (C=O) groups excluding carboxylic acids is 1. The second kappa shape index (κ2) is 11.5. The van der Waals surface area contributed by atoms with E-state index in [0.717, 1.165) is 16.5 Å². The first-order valence-electron chi connectivity index (χ1n) is 11.3. The number of hydrogen-bond acceptors (Lipinski definition) is 6. The van der Waals surface area contributed by atoms with Crippen molar-refractivity contribution in [2.24, 2.45) is 0 Å². The number of nitrogens with zero attached hydrogens (tertiary/aromatic N) is 2. The molecular formula is C28H23ClFN3O3. The summed E-state index contributed by atoms with van der Waals surface area (Å²) < 4.78 is 24.6. The van der Waals surface area contributed by atoms with Gasteiger partial charge in [-0.1, -0.05) is 37.6 Å². The number of rotatable bonds is 7. The number of halogens is 2. The van der Waals surface area contributed by atoms with E-state index in [4.69, 9.17) is 20.8 Å². The van der Waals surface area contributed by atoms with Gasteiger partial charge in [-0.3, -0.25) is 4.79 Å². The largest absolute Gasteiger partial charge is 0.487 e. The lowest BCUT2D eigenvalue weighted by molar-refractivity contribution is 0.110. The van der Waals surface area contributed by atoms with Crippen LogP contribution in [0.3, 0.4) is 0 Å². The third-order valence-electron chi connectivity index (χ3n) is 5.14. The highest BCUT2D eigenvalue weighted by Gasteiger charge is 2.11. The molecule has 0 aliphatic heterocycles. The van der Waals surface area contributed by atoms with Crippen LogP contribution in [0.1, 0.15) is 30.0 Å². The molecule has 0 saturated heterocycles. The second-order valence-electron chi connectivity index (χ2n) is 7.46. The molecule has 0 spiro atoms. The lowest BCUT2D eigenvalue weighted by atomic mass is 10.1. The molecule has 0 unspecified atom stereocenters. The molecule has 0 saturated carbocycles. The Morgan fingerprint density at radius 2 is 1.89 bits per heavy atom. The smallest absolute Gasteiger partial charge is 0.185 e. The van der Waals surface area contributed by atoms with Crippen molar-refractivity contribution in [3.63, 3.8) is 0 Å². The molecule has 6 nitrogen and oxygen atoms in total. The number of carbonyl (C=O) groups is 1. The zero-order chi connectivity index (χ0) is 25.5. The Morgan fingerprint density at radius 1 is 1.03 bits per heavy atom. The van der Waals surface area contributed by atoms with Gasteiger partial charge in [-0.05, 0) is 66.2 Å². The summed E-state index contributed by atoms with van der Waals surface area (Å²) >= 11 is 6.42. The monoisotopic (exact) mass is 503 g/mol. The van der Waals surface area contributed by atoms with E-state index in [0.29, 0.717) is 39.9 Å². The van der Waals surface area contributed by atoms with Gasteiger partial charge in [0.15, 0.2) is 12.0 Å². The van der Waals surface area contributed by atoms with Crippen molar-refractivity contribution in [3.05, 3.63) is 101 Å². The van der Waals surface area contributed by atoms with E-state index in [2.05, 4.69) is 15.3 Å². The van der Waals surface area contributed by atoms with Gasteiger partial charge >= 0.3 is 0 Å². The third kappa shape index (κ3) is 5.70. The standard InChI is InChI=1S/C26H17ClFN3O3.C2H6/c27-22-12-19(5-8-25(22)33-14-16-2-1-3-18(28)10-16)31-26-21-11-17(4-7-23(21)29-15-30-26)24-9-6-20(13-32)34-24;1-2/h1-13,15H,14H2,(H,29,30,31);1-2H3. The number of fused-ring (bicyclic) bond motifs is 1.